The highest BCUT2D eigenvalue weighted by Crippen LogP contribution is 2.27. The zero-order valence-electron chi connectivity index (χ0n) is 13.5. The number of rotatable bonds is 5. The number of aromatic nitrogens is 3. The van der Waals surface area contributed by atoms with E-state index in [-0.39, 0.29) is 0 Å². The molecule has 0 aliphatic heterocycles. The van der Waals surface area contributed by atoms with Crippen molar-refractivity contribution < 1.29 is 4.42 Å². The summed E-state index contributed by atoms with van der Waals surface area (Å²) in [5.74, 6) is 8.87. The van der Waals surface area contributed by atoms with Crippen molar-refractivity contribution in [2.24, 2.45) is 0 Å². The van der Waals surface area contributed by atoms with Crippen LogP contribution in [0.15, 0.2) is 46.2 Å². The predicted octanol–water partition coefficient (Wildman–Crippen LogP) is 3.98. The molecular formula is C17H20N4OS. The van der Waals surface area contributed by atoms with Crippen LogP contribution in [-0.4, -0.2) is 14.9 Å². The molecule has 1 aromatic carbocycles. The maximum absolute atomic E-state index is 6.12. The Morgan fingerprint density at radius 2 is 1.91 bits per heavy atom. The van der Waals surface area contributed by atoms with Gasteiger partial charge in [-0.2, -0.15) is 0 Å². The standard InChI is InChI=1S/C17H20N4OS/c1-11(2)14-6-4-13(5-7-14)10-23-17-20-19-16(21(17)18)15-8-9-22-12(15)3/h4-9,11H,10,18H2,1-3H3. The Balaban J connectivity index is 1.72. The second-order valence-electron chi connectivity index (χ2n) is 5.75. The molecule has 0 aliphatic rings. The van der Waals surface area contributed by atoms with Crippen LogP contribution in [0, 0.1) is 6.92 Å². The first-order chi connectivity index (χ1) is 11.1. The molecule has 2 N–H and O–H groups in total. The van der Waals surface area contributed by atoms with Gasteiger partial charge in [0.1, 0.15) is 5.76 Å². The molecule has 0 saturated carbocycles. The molecule has 0 aliphatic carbocycles. The summed E-state index contributed by atoms with van der Waals surface area (Å²) in [6, 6.07) is 10.5. The van der Waals surface area contributed by atoms with Gasteiger partial charge in [0.2, 0.25) is 5.16 Å². The molecule has 0 unspecified atom stereocenters. The Morgan fingerprint density at radius 3 is 2.52 bits per heavy atom. The second kappa shape index (κ2) is 6.50. The summed E-state index contributed by atoms with van der Waals surface area (Å²) in [7, 11) is 0. The quantitative estimate of drug-likeness (QED) is 0.567. The van der Waals surface area contributed by atoms with Crippen LogP contribution in [0.5, 0.6) is 0 Å². The lowest BCUT2D eigenvalue weighted by Crippen LogP contribution is -2.11. The number of nitrogens with zero attached hydrogens (tertiary/aromatic N) is 3. The molecule has 0 amide bonds. The van der Waals surface area contributed by atoms with E-state index in [9.17, 15) is 0 Å². The van der Waals surface area contributed by atoms with Crippen LogP contribution in [-0.2, 0) is 5.75 Å². The van der Waals surface area contributed by atoms with Gasteiger partial charge in [0.15, 0.2) is 5.82 Å². The summed E-state index contributed by atoms with van der Waals surface area (Å²) < 4.78 is 6.82. The summed E-state index contributed by atoms with van der Waals surface area (Å²) in [5.41, 5.74) is 3.45. The van der Waals surface area contributed by atoms with E-state index >= 15 is 0 Å². The van der Waals surface area contributed by atoms with Gasteiger partial charge in [0.05, 0.1) is 11.8 Å². The van der Waals surface area contributed by atoms with Gasteiger partial charge in [-0.1, -0.05) is 49.9 Å². The van der Waals surface area contributed by atoms with Crippen LogP contribution in [0.25, 0.3) is 11.4 Å². The van der Waals surface area contributed by atoms with E-state index in [4.69, 9.17) is 10.3 Å². The molecule has 3 aromatic rings. The lowest BCUT2D eigenvalue weighted by atomic mass is 10.0. The normalized spacial score (nSPS) is 11.3. The number of hydrogen-bond donors (Lipinski definition) is 1. The molecule has 23 heavy (non-hydrogen) atoms. The summed E-state index contributed by atoms with van der Waals surface area (Å²) in [6.07, 6.45) is 1.63. The molecule has 2 heterocycles. The lowest BCUT2D eigenvalue weighted by molar-refractivity contribution is 0.535. The topological polar surface area (TPSA) is 69.9 Å². The summed E-state index contributed by atoms with van der Waals surface area (Å²) in [6.45, 7) is 6.27. The van der Waals surface area contributed by atoms with Crippen LogP contribution in [0.1, 0.15) is 36.7 Å². The molecule has 0 spiro atoms. The van der Waals surface area contributed by atoms with Crippen molar-refractivity contribution in [1.82, 2.24) is 14.9 Å². The van der Waals surface area contributed by atoms with Gasteiger partial charge < -0.3 is 10.3 Å². The third-order valence-electron chi connectivity index (χ3n) is 3.78. The predicted molar refractivity (Wildman–Crippen MR) is 92.7 cm³/mol. The molecule has 3 rings (SSSR count). The van der Waals surface area contributed by atoms with Crippen molar-refractivity contribution >= 4 is 11.8 Å². The highest BCUT2D eigenvalue weighted by molar-refractivity contribution is 7.98. The van der Waals surface area contributed by atoms with Crippen molar-refractivity contribution in [1.29, 1.82) is 0 Å². The van der Waals surface area contributed by atoms with Crippen molar-refractivity contribution in [2.75, 3.05) is 5.84 Å². The fourth-order valence-electron chi connectivity index (χ4n) is 2.32. The first-order valence-corrected chi connectivity index (χ1v) is 8.51. The first-order valence-electron chi connectivity index (χ1n) is 7.53. The van der Waals surface area contributed by atoms with Crippen LogP contribution < -0.4 is 5.84 Å². The number of aryl methyl sites for hydroxylation is 1. The molecular weight excluding hydrogens is 308 g/mol. The third-order valence-corrected chi connectivity index (χ3v) is 4.79. The van der Waals surface area contributed by atoms with Crippen molar-refractivity contribution in [3.05, 3.63) is 53.5 Å². The Morgan fingerprint density at radius 1 is 1.17 bits per heavy atom. The number of hydrogen-bond acceptors (Lipinski definition) is 5. The number of benzene rings is 1. The van der Waals surface area contributed by atoms with Crippen molar-refractivity contribution in [3.63, 3.8) is 0 Å². The number of nitrogen functional groups attached to an aromatic ring is 1. The van der Waals surface area contributed by atoms with Gasteiger partial charge in [-0.15, -0.1) is 10.2 Å². The second-order valence-corrected chi connectivity index (χ2v) is 6.69. The number of furan rings is 1. The smallest absolute Gasteiger partial charge is 0.210 e. The SMILES string of the molecule is Cc1occc1-c1nnc(SCc2ccc(C(C)C)cc2)n1N. The highest BCUT2D eigenvalue weighted by Gasteiger charge is 2.15. The Hall–Kier alpha value is -2.21. The Labute approximate surface area is 139 Å². The van der Waals surface area contributed by atoms with Gasteiger partial charge in [-0.05, 0) is 30.0 Å². The maximum Gasteiger partial charge on any atom is 0.210 e. The largest absolute Gasteiger partial charge is 0.469 e. The lowest BCUT2D eigenvalue weighted by Gasteiger charge is -2.07. The monoisotopic (exact) mass is 328 g/mol. The highest BCUT2D eigenvalue weighted by atomic mass is 32.2. The van der Waals surface area contributed by atoms with Crippen molar-refractivity contribution in [2.45, 2.75) is 37.6 Å². The zero-order valence-corrected chi connectivity index (χ0v) is 14.3. The van der Waals surface area contributed by atoms with E-state index in [1.54, 1.807) is 18.0 Å². The van der Waals surface area contributed by atoms with Gasteiger partial charge in [-0.3, -0.25) is 0 Å². The minimum Gasteiger partial charge on any atom is -0.469 e. The average Bonchev–Trinajstić information content (AvgIpc) is 3.11. The van der Waals surface area contributed by atoms with Gasteiger partial charge in [0.25, 0.3) is 0 Å². The average molecular weight is 328 g/mol. The summed E-state index contributed by atoms with van der Waals surface area (Å²) in [5, 5.41) is 9.05. The van der Waals surface area contributed by atoms with Crippen LogP contribution in [0.4, 0.5) is 0 Å². The minimum absolute atomic E-state index is 0.546. The van der Waals surface area contributed by atoms with E-state index in [0.717, 1.165) is 17.1 Å². The Kier molecular flexibility index (Phi) is 4.43. The maximum atomic E-state index is 6.12. The molecule has 0 atom stereocenters. The molecule has 0 bridgehead atoms. The van der Waals surface area contributed by atoms with E-state index in [2.05, 4.69) is 48.3 Å². The molecule has 0 fully saturated rings. The van der Waals surface area contributed by atoms with E-state index in [0.29, 0.717) is 16.9 Å². The molecule has 2 aromatic heterocycles. The van der Waals surface area contributed by atoms with Crippen LogP contribution in [0.2, 0.25) is 0 Å². The minimum atomic E-state index is 0.546. The number of thioether (sulfide) groups is 1. The van der Waals surface area contributed by atoms with Crippen LogP contribution in [0.3, 0.4) is 0 Å². The molecule has 0 radical (unpaired) electrons. The zero-order chi connectivity index (χ0) is 16.4. The molecule has 5 nitrogen and oxygen atoms in total. The Bertz CT molecular complexity index is 789. The van der Waals surface area contributed by atoms with Crippen molar-refractivity contribution in [3.8, 4) is 11.4 Å². The van der Waals surface area contributed by atoms with E-state index < -0.39 is 0 Å². The fraction of sp³-hybridized carbons (Fsp3) is 0.294. The van der Waals surface area contributed by atoms with E-state index in [1.165, 1.54) is 15.8 Å². The van der Waals surface area contributed by atoms with Crippen LogP contribution >= 0.6 is 11.8 Å². The molecule has 120 valence electrons. The van der Waals surface area contributed by atoms with E-state index in [1.807, 2.05) is 13.0 Å². The first kappa shape index (κ1) is 15.7. The van der Waals surface area contributed by atoms with Gasteiger partial charge in [0, 0.05) is 5.75 Å². The summed E-state index contributed by atoms with van der Waals surface area (Å²) >= 11 is 1.57. The van der Waals surface area contributed by atoms with Gasteiger partial charge in [-0.25, -0.2) is 4.68 Å². The third kappa shape index (κ3) is 3.27. The number of nitrogens with two attached hydrogens (primary N) is 1. The fourth-order valence-corrected chi connectivity index (χ4v) is 3.14. The van der Waals surface area contributed by atoms with Gasteiger partial charge >= 0.3 is 0 Å². The molecule has 6 heteroatoms. The molecule has 0 saturated heterocycles. The summed E-state index contributed by atoms with van der Waals surface area (Å²) in [4.78, 5) is 0.